The van der Waals surface area contributed by atoms with Gasteiger partial charge in [0.05, 0.1) is 13.0 Å². The molecule has 4 nitrogen and oxygen atoms in total. The van der Waals surface area contributed by atoms with E-state index in [4.69, 9.17) is 9.84 Å². The van der Waals surface area contributed by atoms with Gasteiger partial charge in [-0.05, 0) is 20.8 Å². The molecule has 1 aliphatic heterocycles. The van der Waals surface area contributed by atoms with Gasteiger partial charge in [-0.15, -0.1) is 0 Å². The molecular weight excluding hydrogens is 158 g/mol. The van der Waals surface area contributed by atoms with Crippen molar-refractivity contribution >= 4 is 5.97 Å². The standard InChI is InChI=1S/C8H15NO3/c1-7(2)5-12-8(3,9-7)4-6(10)11/h9H,4-5H2,1-3H3,(H,10,11). The average Bonchev–Trinajstić information content (AvgIpc) is 2.03. The molecule has 0 bridgehead atoms. The Bertz CT molecular complexity index is 202. The van der Waals surface area contributed by atoms with Gasteiger partial charge in [0.2, 0.25) is 0 Å². The zero-order chi connectivity index (χ0) is 9.41. The largest absolute Gasteiger partial charge is 0.481 e. The van der Waals surface area contributed by atoms with Crippen LogP contribution >= 0.6 is 0 Å². The lowest BCUT2D eigenvalue weighted by Crippen LogP contribution is -2.47. The average molecular weight is 173 g/mol. The predicted molar refractivity (Wildman–Crippen MR) is 43.8 cm³/mol. The minimum atomic E-state index is -0.845. The first kappa shape index (κ1) is 9.48. The molecule has 0 aliphatic carbocycles. The molecule has 1 saturated heterocycles. The molecule has 4 heteroatoms. The summed E-state index contributed by atoms with van der Waals surface area (Å²) < 4.78 is 5.37. The van der Waals surface area contributed by atoms with E-state index in [2.05, 4.69) is 5.32 Å². The summed E-state index contributed by atoms with van der Waals surface area (Å²) in [5.74, 6) is -0.845. The van der Waals surface area contributed by atoms with Gasteiger partial charge in [-0.2, -0.15) is 0 Å². The number of carboxylic acids is 1. The highest BCUT2D eigenvalue weighted by Crippen LogP contribution is 2.25. The smallest absolute Gasteiger partial charge is 0.307 e. The molecule has 1 unspecified atom stereocenters. The second-order valence-corrected chi connectivity index (χ2v) is 4.10. The van der Waals surface area contributed by atoms with Gasteiger partial charge in [0.25, 0.3) is 0 Å². The van der Waals surface area contributed by atoms with Crippen molar-refractivity contribution in [3.8, 4) is 0 Å². The van der Waals surface area contributed by atoms with Gasteiger partial charge < -0.3 is 9.84 Å². The lowest BCUT2D eigenvalue weighted by molar-refractivity contribution is -0.143. The molecule has 0 aromatic carbocycles. The predicted octanol–water partition coefficient (Wildman–Crippen LogP) is 0.576. The van der Waals surface area contributed by atoms with Crippen molar-refractivity contribution in [2.45, 2.75) is 38.5 Å². The van der Waals surface area contributed by atoms with E-state index in [1.165, 1.54) is 0 Å². The molecular formula is C8H15NO3. The zero-order valence-electron chi connectivity index (χ0n) is 7.68. The fourth-order valence-electron chi connectivity index (χ4n) is 1.51. The first-order chi connectivity index (χ1) is 5.33. The van der Waals surface area contributed by atoms with E-state index in [0.717, 1.165) is 0 Å². The van der Waals surface area contributed by atoms with Gasteiger partial charge in [0.1, 0.15) is 5.72 Å². The normalized spacial score (nSPS) is 33.6. The summed E-state index contributed by atoms with van der Waals surface area (Å²) in [6.45, 7) is 6.28. The third kappa shape index (κ3) is 2.19. The molecule has 0 radical (unpaired) electrons. The van der Waals surface area contributed by atoms with Crippen molar-refractivity contribution in [3.63, 3.8) is 0 Å². The van der Waals surface area contributed by atoms with Crippen LogP contribution in [-0.4, -0.2) is 28.9 Å². The van der Waals surface area contributed by atoms with Crippen molar-refractivity contribution in [3.05, 3.63) is 0 Å². The number of carboxylic acid groups (broad SMARTS) is 1. The Morgan fingerprint density at radius 1 is 1.58 bits per heavy atom. The second-order valence-electron chi connectivity index (χ2n) is 4.10. The molecule has 70 valence electrons. The first-order valence-electron chi connectivity index (χ1n) is 3.98. The Kier molecular flexibility index (Phi) is 2.14. The highest BCUT2D eigenvalue weighted by atomic mass is 16.5. The van der Waals surface area contributed by atoms with Crippen LogP contribution in [0, 0.1) is 0 Å². The molecule has 1 fully saturated rings. The van der Waals surface area contributed by atoms with E-state index >= 15 is 0 Å². The number of hydrogen-bond acceptors (Lipinski definition) is 3. The Labute approximate surface area is 71.9 Å². The van der Waals surface area contributed by atoms with Gasteiger partial charge in [-0.25, -0.2) is 0 Å². The van der Waals surface area contributed by atoms with Gasteiger partial charge in [0, 0.05) is 5.54 Å². The molecule has 1 aliphatic rings. The summed E-state index contributed by atoms with van der Waals surface area (Å²) in [5, 5.41) is 11.7. The van der Waals surface area contributed by atoms with Crippen LogP contribution in [0.25, 0.3) is 0 Å². The quantitative estimate of drug-likeness (QED) is 0.641. The number of hydrogen-bond donors (Lipinski definition) is 2. The monoisotopic (exact) mass is 173 g/mol. The Morgan fingerprint density at radius 2 is 2.17 bits per heavy atom. The maximum absolute atomic E-state index is 10.5. The molecule has 0 aromatic heterocycles. The number of rotatable bonds is 2. The van der Waals surface area contributed by atoms with E-state index in [0.29, 0.717) is 6.61 Å². The molecule has 0 spiro atoms. The van der Waals surface area contributed by atoms with E-state index < -0.39 is 11.7 Å². The fraction of sp³-hybridized carbons (Fsp3) is 0.875. The van der Waals surface area contributed by atoms with E-state index in [1.54, 1.807) is 6.92 Å². The number of aliphatic carboxylic acids is 1. The molecule has 0 aromatic rings. The summed E-state index contributed by atoms with van der Waals surface area (Å²) in [6.07, 6.45) is -0.00354. The molecule has 1 rings (SSSR count). The second kappa shape index (κ2) is 2.71. The van der Waals surface area contributed by atoms with Crippen LogP contribution in [0.5, 0.6) is 0 Å². The van der Waals surface area contributed by atoms with Crippen LogP contribution in [0.3, 0.4) is 0 Å². The van der Waals surface area contributed by atoms with Crippen LogP contribution in [-0.2, 0) is 9.53 Å². The van der Waals surface area contributed by atoms with Crippen LogP contribution in [0.4, 0.5) is 0 Å². The van der Waals surface area contributed by atoms with Gasteiger partial charge in [0.15, 0.2) is 0 Å². The summed E-state index contributed by atoms with van der Waals surface area (Å²) in [6, 6.07) is 0. The summed E-state index contributed by atoms with van der Waals surface area (Å²) in [5.41, 5.74) is -0.820. The summed E-state index contributed by atoms with van der Waals surface area (Å²) in [7, 11) is 0. The highest BCUT2D eigenvalue weighted by Gasteiger charge is 2.41. The third-order valence-electron chi connectivity index (χ3n) is 1.84. The Balaban J connectivity index is 2.58. The lowest BCUT2D eigenvalue weighted by atomic mass is 10.1. The molecule has 2 N–H and O–H groups in total. The van der Waals surface area contributed by atoms with Crippen molar-refractivity contribution in [2.24, 2.45) is 0 Å². The fourth-order valence-corrected chi connectivity index (χ4v) is 1.51. The van der Waals surface area contributed by atoms with E-state index in [9.17, 15) is 4.79 Å². The topological polar surface area (TPSA) is 58.6 Å². The zero-order valence-corrected chi connectivity index (χ0v) is 7.68. The van der Waals surface area contributed by atoms with Crippen LogP contribution < -0.4 is 5.32 Å². The maximum atomic E-state index is 10.5. The SMILES string of the molecule is CC1(C)COC(C)(CC(=O)O)N1. The number of nitrogens with one attached hydrogen (secondary N) is 1. The Morgan fingerprint density at radius 3 is 2.50 bits per heavy atom. The summed E-state index contributed by atoms with van der Waals surface area (Å²) in [4.78, 5) is 10.5. The number of ether oxygens (including phenoxy) is 1. The van der Waals surface area contributed by atoms with Gasteiger partial charge in [-0.1, -0.05) is 0 Å². The first-order valence-corrected chi connectivity index (χ1v) is 3.98. The van der Waals surface area contributed by atoms with Crippen LogP contribution in [0.1, 0.15) is 27.2 Å². The minimum Gasteiger partial charge on any atom is -0.481 e. The van der Waals surface area contributed by atoms with Crippen LogP contribution in [0.15, 0.2) is 0 Å². The highest BCUT2D eigenvalue weighted by molar-refractivity contribution is 5.68. The third-order valence-corrected chi connectivity index (χ3v) is 1.84. The van der Waals surface area contributed by atoms with E-state index in [1.807, 2.05) is 13.8 Å². The molecule has 0 saturated carbocycles. The van der Waals surface area contributed by atoms with Gasteiger partial charge in [-0.3, -0.25) is 10.1 Å². The molecule has 12 heavy (non-hydrogen) atoms. The molecule has 1 heterocycles. The number of carbonyl (C=O) groups is 1. The van der Waals surface area contributed by atoms with Crippen LogP contribution in [0.2, 0.25) is 0 Å². The van der Waals surface area contributed by atoms with Crippen molar-refractivity contribution in [1.29, 1.82) is 0 Å². The van der Waals surface area contributed by atoms with Gasteiger partial charge >= 0.3 is 5.97 Å². The van der Waals surface area contributed by atoms with Crippen molar-refractivity contribution < 1.29 is 14.6 Å². The molecule has 0 amide bonds. The van der Waals surface area contributed by atoms with Crippen molar-refractivity contribution in [1.82, 2.24) is 5.32 Å². The summed E-state index contributed by atoms with van der Waals surface area (Å²) >= 11 is 0. The lowest BCUT2D eigenvalue weighted by Gasteiger charge is -2.24. The minimum absolute atomic E-state index is 0.00354. The van der Waals surface area contributed by atoms with Crippen molar-refractivity contribution in [2.75, 3.05) is 6.61 Å². The van der Waals surface area contributed by atoms with E-state index in [-0.39, 0.29) is 12.0 Å². The Hall–Kier alpha value is -0.610. The molecule has 1 atom stereocenters. The maximum Gasteiger partial charge on any atom is 0.307 e.